The predicted octanol–water partition coefficient (Wildman–Crippen LogP) is 4.78. The number of hydrogen-bond donors (Lipinski definition) is 2. The average Bonchev–Trinajstić information content (AvgIpc) is 3.34. The molecule has 1 aliphatic rings. The van der Waals surface area contributed by atoms with E-state index < -0.39 is 5.82 Å². The van der Waals surface area contributed by atoms with E-state index in [-0.39, 0.29) is 29.3 Å². The zero-order valence-corrected chi connectivity index (χ0v) is 16.2. The molecule has 1 aliphatic heterocycles. The number of benzene rings is 2. The van der Waals surface area contributed by atoms with Crippen LogP contribution in [0.15, 0.2) is 48.7 Å². The van der Waals surface area contributed by atoms with Crippen molar-refractivity contribution in [2.24, 2.45) is 0 Å². The lowest BCUT2D eigenvalue weighted by molar-refractivity contribution is -0.117. The second kappa shape index (κ2) is 8.31. The molecule has 29 heavy (non-hydrogen) atoms. The number of hydrogen-bond acceptors (Lipinski definition) is 3. The highest BCUT2D eigenvalue weighted by Crippen LogP contribution is 2.32. The minimum Gasteiger partial charge on any atom is -0.341 e. The van der Waals surface area contributed by atoms with Gasteiger partial charge in [0, 0.05) is 5.56 Å². The molecule has 2 N–H and O–H groups in total. The highest BCUT2D eigenvalue weighted by Gasteiger charge is 2.30. The van der Waals surface area contributed by atoms with Gasteiger partial charge in [-0.3, -0.25) is 9.69 Å². The molecule has 1 atom stereocenters. The van der Waals surface area contributed by atoms with Crippen LogP contribution in [0, 0.1) is 11.6 Å². The van der Waals surface area contributed by atoms with Gasteiger partial charge in [-0.1, -0.05) is 23.7 Å². The zero-order valence-electron chi connectivity index (χ0n) is 15.5. The molecule has 0 saturated carbocycles. The predicted molar refractivity (Wildman–Crippen MR) is 108 cm³/mol. The monoisotopic (exact) mass is 416 g/mol. The first-order valence-corrected chi connectivity index (χ1v) is 9.68. The molecule has 8 heteroatoms. The van der Waals surface area contributed by atoms with Gasteiger partial charge in [-0.05, 0) is 49.7 Å². The number of aromatic amines is 1. The van der Waals surface area contributed by atoms with Crippen LogP contribution in [-0.4, -0.2) is 33.9 Å². The summed E-state index contributed by atoms with van der Waals surface area (Å²) in [7, 11) is 0. The standard InChI is InChI=1S/C21H19ClF2N4O/c22-15-10-13(23)7-8-17(15)26-20(29)12-28-9-3-6-19(28)21-25-11-18(27-21)14-4-1-2-5-16(14)24/h1-2,4-5,7-8,10-11,19H,3,6,9,12H2,(H,25,27)(H,26,29)/t19-/m1/s1. The third-order valence-electron chi connectivity index (χ3n) is 4.99. The van der Waals surface area contributed by atoms with Crippen molar-refractivity contribution in [1.82, 2.24) is 14.9 Å². The molecular weight excluding hydrogens is 398 g/mol. The van der Waals surface area contributed by atoms with E-state index in [9.17, 15) is 13.6 Å². The van der Waals surface area contributed by atoms with Crippen molar-refractivity contribution in [3.8, 4) is 11.3 Å². The Labute approximate surface area is 171 Å². The molecule has 1 amide bonds. The van der Waals surface area contributed by atoms with Crippen LogP contribution in [0.1, 0.15) is 24.7 Å². The fourth-order valence-corrected chi connectivity index (χ4v) is 3.83. The van der Waals surface area contributed by atoms with Crippen LogP contribution >= 0.6 is 11.6 Å². The van der Waals surface area contributed by atoms with E-state index in [0.717, 1.165) is 25.5 Å². The first kappa shape index (κ1) is 19.5. The number of carbonyl (C=O) groups is 1. The number of likely N-dealkylation sites (tertiary alicyclic amines) is 1. The molecule has 0 bridgehead atoms. The fourth-order valence-electron chi connectivity index (χ4n) is 3.61. The normalized spacial score (nSPS) is 16.9. The Hall–Kier alpha value is -2.77. The van der Waals surface area contributed by atoms with Gasteiger partial charge in [0.1, 0.15) is 17.5 Å². The summed E-state index contributed by atoms with van der Waals surface area (Å²) in [5.41, 5.74) is 1.43. The summed E-state index contributed by atoms with van der Waals surface area (Å²) in [6.07, 6.45) is 3.38. The van der Waals surface area contributed by atoms with Crippen LogP contribution in [0.25, 0.3) is 11.3 Å². The van der Waals surface area contributed by atoms with Gasteiger partial charge in [-0.15, -0.1) is 0 Å². The van der Waals surface area contributed by atoms with Gasteiger partial charge < -0.3 is 10.3 Å². The third-order valence-corrected chi connectivity index (χ3v) is 5.30. The Morgan fingerprint density at radius 3 is 2.90 bits per heavy atom. The minimum absolute atomic E-state index is 0.0648. The maximum absolute atomic E-state index is 14.0. The Bertz CT molecular complexity index is 1040. The average molecular weight is 417 g/mol. The summed E-state index contributed by atoms with van der Waals surface area (Å²) in [6, 6.07) is 10.3. The maximum atomic E-state index is 14.0. The first-order chi connectivity index (χ1) is 14.0. The van der Waals surface area contributed by atoms with E-state index in [0.29, 0.717) is 22.8 Å². The SMILES string of the molecule is O=C(CN1CCC[C@@H]1c1ncc(-c2ccccc2F)[nH]1)Nc1ccc(F)cc1Cl. The van der Waals surface area contributed by atoms with Crippen molar-refractivity contribution in [2.45, 2.75) is 18.9 Å². The first-order valence-electron chi connectivity index (χ1n) is 9.30. The molecule has 4 rings (SSSR count). The summed E-state index contributed by atoms with van der Waals surface area (Å²) in [5, 5.41) is 2.87. The van der Waals surface area contributed by atoms with Crippen molar-refractivity contribution in [1.29, 1.82) is 0 Å². The Kier molecular flexibility index (Phi) is 5.60. The summed E-state index contributed by atoms with van der Waals surface area (Å²) in [5.74, 6) is -0.322. The van der Waals surface area contributed by atoms with Crippen LogP contribution in [0.4, 0.5) is 14.5 Å². The van der Waals surface area contributed by atoms with Crippen LogP contribution in [-0.2, 0) is 4.79 Å². The van der Waals surface area contributed by atoms with Gasteiger partial charge in [0.05, 0.1) is 35.2 Å². The minimum atomic E-state index is -0.462. The van der Waals surface area contributed by atoms with Gasteiger partial charge in [-0.25, -0.2) is 13.8 Å². The summed E-state index contributed by atoms with van der Waals surface area (Å²) >= 11 is 5.97. The van der Waals surface area contributed by atoms with Crippen LogP contribution in [0.2, 0.25) is 5.02 Å². The molecule has 0 unspecified atom stereocenters. The third kappa shape index (κ3) is 4.31. The van der Waals surface area contributed by atoms with E-state index in [1.54, 1.807) is 24.4 Å². The Balaban J connectivity index is 1.45. The number of nitrogens with zero attached hydrogens (tertiary/aromatic N) is 2. The number of halogens is 3. The summed E-state index contributed by atoms with van der Waals surface area (Å²) in [4.78, 5) is 22.1. The second-order valence-electron chi connectivity index (χ2n) is 6.96. The number of anilines is 1. The van der Waals surface area contributed by atoms with Crippen molar-refractivity contribution in [3.63, 3.8) is 0 Å². The highest BCUT2D eigenvalue weighted by atomic mass is 35.5. The van der Waals surface area contributed by atoms with E-state index in [1.807, 2.05) is 4.90 Å². The van der Waals surface area contributed by atoms with Crippen LogP contribution in [0.3, 0.4) is 0 Å². The Morgan fingerprint density at radius 2 is 2.10 bits per heavy atom. The quantitative estimate of drug-likeness (QED) is 0.629. The van der Waals surface area contributed by atoms with Gasteiger partial charge in [-0.2, -0.15) is 0 Å². The van der Waals surface area contributed by atoms with E-state index in [4.69, 9.17) is 11.6 Å². The molecule has 1 fully saturated rings. The molecule has 5 nitrogen and oxygen atoms in total. The molecule has 3 aromatic rings. The molecule has 2 aromatic carbocycles. The van der Waals surface area contributed by atoms with E-state index in [1.165, 1.54) is 18.2 Å². The van der Waals surface area contributed by atoms with Gasteiger partial charge in [0.15, 0.2) is 0 Å². The maximum Gasteiger partial charge on any atom is 0.238 e. The molecule has 1 aromatic heterocycles. The lowest BCUT2D eigenvalue weighted by Crippen LogP contribution is -2.33. The van der Waals surface area contributed by atoms with Crippen molar-refractivity contribution >= 4 is 23.2 Å². The fraction of sp³-hybridized carbons (Fsp3) is 0.238. The van der Waals surface area contributed by atoms with Crippen LogP contribution in [0.5, 0.6) is 0 Å². The van der Waals surface area contributed by atoms with Gasteiger partial charge >= 0.3 is 0 Å². The molecule has 0 radical (unpaired) electrons. The second-order valence-corrected chi connectivity index (χ2v) is 7.37. The molecule has 150 valence electrons. The van der Waals surface area contributed by atoms with Gasteiger partial charge in [0.25, 0.3) is 0 Å². The zero-order chi connectivity index (χ0) is 20.4. The lowest BCUT2D eigenvalue weighted by Gasteiger charge is -2.22. The van der Waals surface area contributed by atoms with Crippen molar-refractivity contribution in [2.75, 3.05) is 18.4 Å². The largest absolute Gasteiger partial charge is 0.341 e. The number of nitrogens with one attached hydrogen (secondary N) is 2. The number of amides is 1. The smallest absolute Gasteiger partial charge is 0.238 e. The van der Waals surface area contributed by atoms with E-state index in [2.05, 4.69) is 15.3 Å². The summed E-state index contributed by atoms with van der Waals surface area (Å²) in [6.45, 7) is 0.888. The molecule has 0 aliphatic carbocycles. The summed E-state index contributed by atoms with van der Waals surface area (Å²) < 4.78 is 27.2. The molecule has 1 saturated heterocycles. The number of H-pyrrole nitrogens is 1. The molecule has 2 heterocycles. The number of rotatable bonds is 5. The Morgan fingerprint density at radius 1 is 1.28 bits per heavy atom. The topological polar surface area (TPSA) is 61.0 Å². The van der Waals surface area contributed by atoms with Crippen molar-refractivity contribution < 1.29 is 13.6 Å². The van der Waals surface area contributed by atoms with Crippen molar-refractivity contribution in [3.05, 3.63) is 71.1 Å². The lowest BCUT2D eigenvalue weighted by atomic mass is 10.1. The number of carbonyl (C=O) groups excluding carboxylic acids is 1. The van der Waals surface area contributed by atoms with Gasteiger partial charge in [0.2, 0.25) is 5.91 Å². The molecule has 0 spiro atoms. The highest BCUT2D eigenvalue weighted by molar-refractivity contribution is 6.33. The van der Waals surface area contributed by atoms with Crippen LogP contribution < -0.4 is 5.32 Å². The van der Waals surface area contributed by atoms with E-state index >= 15 is 0 Å². The molecular formula is C21H19ClF2N4O. The number of aromatic nitrogens is 2. The number of imidazole rings is 1.